The number of thiazole rings is 1. The normalized spacial score (nSPS) is 12.2. The Morgan fingerprint density at radius 1 is 0.897 bits per heavy atom. The lowest BCUT2D eigenvalue weighted by atomic mass is 10.1. The summed E-state index contributed by atoms with van der Waals surface area (Å²) >= 11 is 1.14. The first kappa shape index (κ1) is 21.1. The van der Waals surface area contributed by atoms with Gasteiger partial charge in [-0.15, -0.1) is 24.5 Å². The van der Waals surface area contributed by atoms with Gasteiger partial charge in [0.25, 0.3) is 0 Å². The molecule has 1 heterocycles. The number of aliphatic hydroxyl groups is 1. The van der Waals surface area contributed by atoms with Crippen LogP contribution in [-0.4, -0.2) is 16.5 Å². The van der Waals surface area contributed by atoms with Crippen LogP contribution in [0, 0.1) is 0 Å². The van der Waals surface area contributed by atoms with Crippen molar-refractivity contribution in [2.75, 3.05) is 0 Å². The zero-order valence-electron chi connectivity index (χ0n) is 14.5. The number of hydrogen-bond acceptors (Lipinski definition) is 4. The zero-order chi connectivity index (χ0) is 21.2. The van der Waals surface area contributed by atoms with Crippen LogP contribution in [0.1, 0.15) is 21.7 Å². The minimum atomic E-state index is -4.78. The summed E-state index contributed by atoms with van der Waals surface area (Å²) in [5.41, 5.74) is 0.829. The molecule has 0 aliphatic rings. The maximum absolute atomic E-state index is 12.7. The van der Waals surface area contributed by atoms with Gasteiger partial charge in [0.2, 0.25) is 0 Å². The second-order valence-electron chi connectivity index (χ2n) is 5.99. The van der Waals surface area contributed by atoms with E-state index in [9.17, 15) is 31.4 Å². The van der Waals surface area contributed by atoms with Crippen LogP contribution in [0.3, 0.4) is 0 Å². The van der Waals surface area contributed by atoms with Gasteiger partial charge in [0.1, 0.15) is 10.8 Å². The van der Waals surface area contributed by atoms with E-state index in [-0.39, 0.29) is 18.8 Å². The molecule has 0 bridgehead atoms. The standard InChI is InChI=1S/C19H13F6NO2S/c20-18(21,22)13-5-3-12(4-6-13)17-26-15(16(10-27)29-17)9-11-1-7-14(8-2-11)28-19(23,24)25/h1-8,27H,9-10H2. The third-order valence-corrected chi connectivity index (χ3v) is 5.04. The van der Waals surface area contributed by atoms with E-state index < -0.39 is 18.1 Å². The highest BCUT2D eigenvalue weighted by molar-refractivity contribution is 7.15. The van der Waals surface area contributed by atoms with Crippen LogP contribution in [0.5, 0.6) is 5.75 Å². The molecule has 10 heteroatoms. The molecule has 0 unspecified atom stereocenters. The zero-order valence-corrected chi connectivity index (χ0v) is 15.3. The fourth-order valence-electron chi connectivity index (χ4n) is 2.57. The molecular formula is C19H13F6NO2S. The summed E-state index contributed by atoms with van der Waals surface area (Å²) in [4.78, 5) is 4.91. The first-order valence-corrected chi connectivity index (χ1v) is 8.98. The quantitative estimate of drug-likeness (QED) is 0.517. The smallest absolute Gasteiger partial charge is 0.406 e. The Hall–Kier alpha value is -2.59. The Morgan fingerprint density at radius 2 is 1.52 bits per heavy atom. The predicted molar refractivity (Wildman–Crippen MR) is 94.4 cm³/mol. The maximum atomic E-state index is 12.7. The van der Waals surface area contributed by atoms with E-state index in [0.29, 0.717) is 26.7 Å². The van der Waals surface area contributed by atoms with Crippen molar-refractivity contribution in [3.63, 3.8) is 0 Å². The summed E-state index contributed by atoms with van der Waals surface area (Å²) < 4.78 is 78.5. The monoisotopic (exact) mass is 433 g/mol. The van der Waals surface area contributed by atoms with Gasteiger partial charge in [-0.25, -0.2) is 4.98 Å². The van der Waals surface area contributed by atoms with Gasteiger partial charge in [0.15, 0.2) is 0 Å². The number of hydrogen-bond donors (Lipinski definition) is 1. The molecule has 0 atom stereocenters. The molecule has 3 nitrogen and oxygen atoms in total. The first-order valence-electron chi connectivity index (χ1n) is 8.17. The van der Waals surface area contributed by atoms with E-state index in [4.69, 9.17) is 0 Å². The average molecular weight is 433 g/mol. The summed E-state index contributed by atoms with van der Waals surface area (Å²) in [7, 11) is 0. The summed E-state index contributed by atoms with van der Waals surface area (Å²) in [6, 6.07) is 9.74. The Kier molecular flexibility index (Phi) is 5.85. The van der Waals surface area contributed by atoms with Gasteiger partial charge >= 0.3 is 12.5 Å². The highest BCUT2D eigenvalue weighted by Crippen LogP contribution is 2.34. The molecule has 3 aromatic rings. The molecule has 0 spiro atoms. The Bertz CT molecular complexity index is 962. The number of rotatable bonds is 5. The molecule has 0 fully saturated rings. The van der Waals surface area contributed by atoms with Crippen molar-refractivity contribution in [1.82, 2.24) is 4.98 Å². The molecule has 3 rings (SSSR count). The number of aliphatic hydroxyl groups excluding tert-OH is 1. The molecule has 0 saturated carbocycles. The molecule has 0 aliphatic carbocycles. The van der Waals surface area contributed by atoms with Gasteiger partial charge in [-0.1, -0.05) is 24.3 Å². The van der Waals surface area contributed by atoms with E-state index in [1.807, 2.05) is 0 Å². The van der Waals surface area contributed by atoms with Crippen molar-refractivity contribution in [3.8, 4) is 16.3 Å². The lowest BCUT2D eigenvalue weighted by molar-refractivity contribution is -0.274. The van der Waals surface area contributed by atoms with Crippen LogP contribution < -0.4 is 4.74 Å². The van der Waals surface area contributed by atoms with Crippen molar-refractivity contribution < 1.29 is 36.2 Å². The Balaban J connectivity index is 1.80. The van der Waals surface area contributed by atoms with Gasteiger partial charge in [-0.2, -0.15) is 13.2 Å². The van der Waals surface area contributed by atoms with Crippen LogP contribution in [0.2, 0.25) is 0 Å². The Morgan fingerprint density at radius 3 is 2.03 bits per heavy atom. The van der Waals surface area contributed by atoms with Crippen molar-refractivity contribution in [2.24, 2.45) is 0 Å². The van der Waals surface area contributed by atoms with Crippen molar-refractivity contribution in [1.29, 1.82) is 0 Å². The van der Waals surface area contributed by atoms with Crippen molar-refractivity contribution in [3.05, 3.63) is 70.2 Å². The van der Waals surface area contributed by atoms with E-state index in [0.717, 1.165) is 23.5 Å². The molecule has 29 heavy (non-hydrogen) atoms. The molecule has 0 saturated heterocycles. The SMILES string of the molecule is OCc1sc(-c2ccc(C(F)(F)F)cc2)nc1Cc1ccc(OC(F)(F)F)cc1. The van der Waals surface area contributed by atoms with E-state index in [2.05, 4.69) is 9.72 Å². The fourth-order valence-corrected chi connectivity index (χ4v) is 3.52. The van der Waals surface area contributed by atoms with Crippen molar-refractivity contribution in [2.45, 2.75) is 25.6 Å². The number of aromatic nitrogens is 1. The molecule has 0 aliphatic heterocycles. The minimum Gasteiger partial charge on any atom is -0.406 e. The van der Waals surface area contributed by atoms with Crippen LogP contribution >= 0.6 is 11.3 Å². The molecule has 1 aromatic heterocycles. The molecule has 154 valence electrons. The summed E-state index contributed by atoms with van der Waals surface area (Å²) in [6.45, 7) is -0.317. The van der Waals surface area contributed by atoms with Gasteiger partial charge < -0.3 is 9.84 Å². The summed E-state index contributed by atoms with van der Waals surface area (Å²) in [5, 5.41) is 10.00. The number of nitrogens with zero attached hydrogens (tertiary/aromatic N) is 1. The largest absolute Gasteiger partial charge is 0.573 e. The van der Waals surface area contributed by atoms with E-state index in [1.165, 1.54) is 36.4 Å². The van der Waals surface area contributed by atoms with Gasteiger partial charge in [0.05, 0.1) is 22.7 Å². The first-order chi connectivity index (χ1) is 13.5. The molecule has 0 amide bonds. The van der Waals surface area contributed by atoms with Crippen molar-refractivity contribution >= 4 is 11.3 Å². The molecular weight excluding hydrogens is 420 g/mol. The Labute approximate surface area is 165 Å². The van der Waals surface area contributed by atoms with Crippen LogP contribution in [0.25, 0.3) is 10.6 Å². The highest BCUT2D eigenvalue weighted by atomic mass is 32.1. The molecule has 1 N–H and O–H groups in total. The third kappa shape index (κ3) is 5.48. The number of alkyl halides is 6. The summed E-state index contributed by atoms with van der Waals surface area (Å²) in [6.07, 6.45) is -8.98. The van der Waals surface area contributed by atoms with Gasteiger partial charge in [-0.3, -0.25) is 0 Å². The molecule has 0 radical (unpaired) electrons. The topological polar surface area (TPSA) is 42.4 Å². The predicted octanol–water partition coefficient (Wildman–Crippen LogP) is 5.81. The lowest BCUT2D eigenvalue weighted by Gasteiger charge is -2.09. The minimum absolute atomic E-state index is 0.235. The highest BCUT2D eigenvalue weighted by Gasteiger charge is 2.31. The summed E-state index contributed by atoms with van der Waals surface area (Å²) in [5.74, 6) is -0.354. The van der Waals surface area contributed by atoms with E-state index >= 15 is 0 Å². The average Bonchev–Trinajstić information content (AvgIpc) is 3.04. The fraction of sp³-hybridized carbons (Fsp3) is 0.211. The number of benzene rings is 2. The number of ether oxygens (including phenoxy) is 1. The maximum Gasteiger partial charge on any atom is 0.573 e. The number of halogens is 6. The van der Waals surface area contributed by atoms with Crippen LogP contribution in [0.4, 0.5) is 26.3 Å². The second-order valence-corrected chi connectivity index (χ2v) is 7.07. The van der Waals surface area contributed by atoms with Crippen LogP contribution in [-0.2, 0) is 19.2 Å². The van der Waals surface area contributed by atoms with Gasteiger partial charge in [0, 0.05) is 12.0 Å². The lowest BCUT2D eigenvalue weighted by Crippen LogP contribution is -2.17. The third-order valence-electron chi connectivity index (χ3n) is 3.91. The van der Waals surface area contributed by atoms with Crippen LogP contribution in [0.15, 0.2) is 48.5 Å². The second kappa shape index (κ2) is 8.03. The van der Waals surface area contributed by atoms with E-state index in [1.54, 1.807) is 0 Å². The van der Waals surface area contributed by atoms with Gasteiger partial charge in [-0.05, 0) is 29.8 Å². The molecule has 2 aromatic carbocycles.